The fraction of sp³-hybridized carbons (Fsp3) is 0.158. The first-order chi connectivity index (χ1) is 13.2. The van der Waals surface area contributed by atoms with Gasteiger partial charge in [-0.1, -0.05) is 0 Å². The summed E-state index contributed by atoms with van der Waals surface area (Å²) in [6.45, 7) is 0. The molecule has 3 rings (SSSR count). The van der Waals surface area contributed by atoms with Gasteiger partial charge in [-0.15, -0.1) is 12.4 Å². The van der Waals surface area contributed by atoms with E-state index in [0.29, 0.717) is 22.8 Å². The van der Waals surface area contributed by atoms with Gasteiger partial charge in [-0.2, -0.15) is 0 Å². The molecule has 2 aromatic heterocycles. The summed E-state index contributed by atoms with van der Waals surface area (Å²) >= 11 is 0. The van der Waals surface area contributed by atoms with Crippen LogP contribution in [0, 0.1) is 16.4 Å². The smallest absolute Gasteiger partial charge is 0.149 e. The number of pyridine rings is 2. The number of benzene rings is 1. The van der Waals surface area contributed by atoms with Gasteiger partial charge in [0.2, 0.25) is 0 Å². The summed E-state index contributed by atoms with van der Waals surface area (Å²) in [5.74, 6) is -0.0513. The van der Waals surface area contributed by atoms with Crippen LogP contribution in [0.3, 0.4) is 0 Å². The van der Waals surface area contributed by atoms with Gasteiger partial charge in [0, 0.05) is 39.4 Å². The van der Waals surface area contributed by atoms with Gasteiger partial charge in [0.25, 0.3) is 0 Å². The van der Waals surface area contributed by atoms with Gasteiger partial charge in [0.1, 0.15) is 29.0 Å². The maximum atomic E-state index is 14.4. The van der Waals surface area contributed by atoms with E-state index in [1.54, 1.807) is 12.1 Å². The minimum atomic E-state index is -2.69. The largest absolute Gasteiger partial charge is 0.496 e. The van der Waals surface area contributed by atoms with Crippen LogP contribution in [-0.2, 0) is 15.5 Å². The Hall–Kier alpha value is -2.78. The molecule has 0 aliphatic heterocycles. The molecule has 0 spiro atoms. The number of rotatable bonds is 6. The van der Waals surface area contributed by atoms with Crippen LogP contribution in [0.5, 0.6) is 5.75 Å². The molecule has 1 atom stereocenters. The van der Waals surface area contributed by atoms with Crippen molar-refractivity contribution in [3.05, 3.63) is 66.0 Å². The number of ether oxygens (including phenoxy) is 1. The standard InChI is InChI=1S/C19H18F2N4O2S.ClH/c1-27-17-8-13(20)3-4-14(17)15-9-19(24-10-16(15)21)25-18-7-12(5-6-23-18)11-28(2,22)26;/h3-10,22H,11H2,1-2H3,(H,23,24,25);1H/t28-;/m1./s1. The molecule has 0 aliphatic rings. The Morgan fingerprint density at radius 2 is 1.83 bits per heavy atom. The van der Waals surface area contributed by atoms with Gasteiger partial charge in [-0.3, -0.25) is 4.78 Å². The predicted octanol–water partition coefficient (Wildman–Crippen LogP) is 4.77. The molecular weight excluding hydrogens is 422 g/mol. The van der Waals surface area contributed by atoms with Gasteiger partial charge in [0.05, 0.1) is 19.1 Å². The van der Waals surface area contributed by atoms with E-state index in [9.17, 15) is 13.0 Å². The van der Waals surface area contributed by atoms with Crippen LogP contribution >= 0.6 is 12.4 Å². The SMILES string of the molecule is COc1cc(F)ccc1-c1cc(Nc2cc(C[S@](C)(=N)=O)ccn2)ncc1F.Cl. The fourth-order valence-corrected chi connectivity index (χ4v) is 3.50. The van der Waals surface area contributed by atoms with E-state index >= 15 is 0 Å². The molecule has 0 aliphatic carbocycles. The number of methoxy groups -OCH3 is 1. The normalized spacial score (nSPS) is 12.6. The number of halogens is 3. The number of aromatic nitrogens is 2. The van der Waals surface area contributed by atoms with Crippen LogP contribution in [0.2, 0.25) is 0 Å². The zero-order chi connectivity index (χ0) is 20.3. The monoisotopic (exact) mass is 440 g/mol. The molecule has 29 heavy (non-hydrogen) atoms. The number of anilines is 2. The molecule has 0 fully saturated rings. The summed E-state index contributed by atoms with van der Waals surface area (Å²) in [6, 6.07) is 8.63. The quantitative estimate of drug-likeness (QED) is 0.576. The molecule has 0 saturated heterocycles. The molecule has 2 N–H and O–H groups in total. The molecule has 0 amide bonds. The first-order valence-electron chi connectivity index (χ1n) is 8.18. The number of nitrogens with one attached hydrogen (secondary N) is 2. The second kappa shape index (κ2) is 9.15. The van der Waals surface area contributed by atoms with Crippen molar-refractivity contribution in [3.8, 4) is 16.9 Å². The average molecular weight is 441 g/mol. The average Bonchev–Trinajstić information content (AvgIpc) is 2.62. The van der Waals surface area contributed by atoms with Crippen LogP contribution < -0.4 is 10.1 Å². The molecule has 0 saturated carbocycles. The molecule has 0 radical (unpaired) electrons. The summed E-state index contributed by atoms with van der Waals surface area (Å²) in [4.78, 5) is 8.16. The molecule has 1 aromatic carbocycles. The van der Waals surface area contributed by atoms with E-state index in [2.05, 4.69) is 15.3 Å². The highest BCUT2D eigenvalue weighted by atomic mass is 35.5. The Morgan fingerprint density at radius 1 is 1.10 bits per heavy atom. The maximum absolute atomic E-state index is 14.4. The predicted molar refractivity (Wildman–Crippen MR) is 111 cm³/mol. The van der Waals surface area contributed by atoms with Crippen molar-refractivity contribution in [2.24, 2.45) is 0 Å². The molecule has 2 heterocycles. The van der Waals surface area contributed by atoms with Gasteiger partial charge in [-0.25, -0.2) is 23.0 Å². The summed E-state index contributed by atoms with van der Waals surface area (Å²) in [6.07, 6.45) is 3.94. The van der Waals surface area contributed by atoms with Crippen molar-refractivity contribution in [1.29, 1.82) is 4.78 Å². The van der Waals surface area contributed by atoms with Gasteiger partial charge >= 0.3 is 0 Å². The lowest BCUT2D eigenvalue weighted by Crippen LogP contribution is -2.02. The third-order valence-corrected chi connectivity index (χ3v) is 4.72. The number of hydrogen-bond acceptors (Lipinski definition) is 6. The van der Waals surface area contributed by atoms with E-state index < -0.39 is 21.4 Å². The molecular formula is C19H19ClF2N4O2S. The van der Waals surface area contributed by atoms with Crippen molar-refractivity contribution >= 4 is 33.8 Å². The minimum Gasteiger partial charge on any atom is -0.496 e. The van der Waals surface area contributed by atoms with E-state index in [4.69, 9.17) is 9.52 Å². The summed E-state index contributed by atoms with van der Waals surface area (Å²) in [5.41, 5.74) is 1.25. The highest BCUT2D eigenvalue weighted by molar-refractivity contribution is 7.90. The fourth-order valence-electron chi connectivity index (χ4n) is 2.68. The van der Waals surface area contributed by atoms with Crippen molar-refractivity contribution in [1.82, 2.24) is 9.97 Å². The number of nitrogens with zero attached hydrogens (tertiary/aromatic N) is 2. The Kier molecular flexibility index (Phi) is 7.10. The lowest BCUT2D eigenvalue weighted by molar-refractivity contribution is 0.412. The highest BCUT2D eigenvalue weighted by Gasteiger charge is 2.14. The summed E-state index contributed by atoms with van der Waals surface area (Å²) in [7, 11) is -1.31. The zero-order valence-corrected chi connectivity index (χ0v) is 17.2. The summed E-state index contributed by atoms with van der Waals surface area (Å²) < 4.78 is 52.2. The van der Waals surface area contributed by atoms with Crippen LogP contribution in [-0.4, -0.2) is 27.5 Å². The van der Waals surface area contributed by atoms with Gasteiger partial charge in [0.15, 0.2) is 0 Å². The second-order valence-electron chi connectivity index (χ2n) is 6.22. The van der Waals surface area contributed by atoms with Gasteiger partial charge < -0.3 is 10.1 Å². The van der Waals surface area contributed by atoms with Crippen molar-refractivity contribution in [2.75, 3.05) is 18.7 Å². The van der Waals surface area contributed by atoms with Gasteiger partial charge in [-0.05, 0) is 35.9 Å². The summed E-state index contributed by atoms with van der Waals surface area (Å²) in [5, 5.41) is 2.96. The first kappa shape index (κ1) is 22.5. The third kappa shape index (κ3) is 5.85. The number of hydrogen-bond donors (Lipinski definition) is 2. The Balaban J connectivity index is 0.00000300. The van der Waals surface area contributed by atoms with Crippen LogP contribution in [0.25, 0.3) is 11.1 Å². The lowest BCUT2D eigenvalue weighted by Gasteiger charge is -2.12. The maximum Gasteiger partial charge on any atom is 0.149 e. The highest BCUT2D eigenvalue weighted by Crippen LogP contribution is 2.33. The third-order valence-electron chi connectivity index (χ3n) is 3.83. The molecule has 3 aromatic rings. The van der Waals surface area contributed by atoms with Crippen LogP contribution in [0.15, 0.2) is 48.8 Å². The van der Waals surface area contributed by atoms with E-state index in [1.807, 2.05) is 0 Å². The Bertz CT molecular complexity index is 1130. The Morgan fingerprint density at radius 3 is 2.52 bits per heavy atom. The first-order valence-corrected chi connectivity index (χ1v) is 10.3. The van der Waals surface area contributed by atoms with E-state index in [0.717, 1.165) is 6.20 Å². The molecule has 6 nitrogen and oxygen atoms in total. The zero-order valence-electron chi connectivity index (χ0n) is 15.6. The second-order valence-corrected chi connectivity index (χ2v) is 8.52. The van der Waals surface area contributed by atoms with E-state index in [1.165, 1.54) is 43.8 Å². The Labute approximate surface area is 173 Å². The minimum absolute atomic E-state index is 0. The molecule has 0 unspecified atom stereocenters. The van der Waals surface area contributed by atoms with Crippen molar-refractivity contribution < 1.29 is 17.7 Å². The molecule has 0 bridgehead atoms. The van der Waals surface area contributed by atoms with Crippen LogP contribution in [0.4, 0.5) is 20.4 Å². The van der Waals surface area contributed by atoms with Crippen molar-refractivity contribution in [2.45, 2.75) is 5.75 Å². The van der Waals surface area contributed by atoms with E-state index in [-0.39, 0.29) is 29.5 Å². The van der Waals surface area contributed by atoms with Crippen molar-refractivity contribution in [3.63, 3.8) is 0 Å². The topological polar surface area (TPSA) is 88.0 Å². The molecule has 154 valence electrons. The van der Waals surface area contributed by atoms with Crippen LogP contribution in [0.1, 0.15) is 5.56 Å². The lowest BCUT2D eigenvalue weighted by atomic mass is 10.0. The molecule has 10 heteroatoms.